The number of carbonyl (C=O) groups excluding carboxylic acids is 1. The summed E-state index contributed by atoms with van der Waals surface area (Å²) in [7, 11) is 1.81. The topological polar surface area (TPSA) is 32.3 Å². The van der Waals surface area contributed by atoms with Crippen molar-refractivity contribution in [3.8, 4) is 0 Å². The smallest absolute Gasteiger partial charge is 0.317 e. The lowest BCUT2D eigenvalue weighted by atomic mass is 9.78. The van der Waals surface area contributed by atoms with Gasteiger partial charge in [-0.15, -0.1) is 0 Å². The molecule has 1 N–H and O–H groups in total. The predicted octanol–water partition coefficient (Wildman–Crippen LogP) is 1.99. The van der Waals surface area contributed by atoms with Crippen LogP contribution >= 0.6 is 0 Å². The molecule has 0 radical (unpaired) electrons. The van der Waals surface area contributed by atoms with Gasteiger partial charge in [-0.1, -0.05) is 24.3 Å². The summed E-state index contributed by atoms with van der Waals surface area (Å²) >= 11 is 0. The third-order valence-electron chi connectivity index (χ3n) is 3.28. The molecule has 16 heavy (non-hydrogen) atoms. The molecular formula is C13H18N2O. The number of benzene rings is 1. The standard InChI is InChI=1S/C13H18N2O/c1-3-15(2)13(16)14-9-11-8-10-6-4-5-7-12(10)11/h4-7,11H,3,8-9H2,1-2H3,(H,14,16). The van der Waals surface area contributed by atoms with E-state index in [2.05, 4.69) is 29.6 Å². The summed E-state index contributed by atoms with van der Waals surface area (Å²) in [6.07, 6.45) is 1.09. The summed E-state index contributed by atoms with van der Waals surface area (Å²) in [5, 5.41) is 2.96. The Labute approximate surface area is 96.5 Å². The molecule has 0 aliphatic heterocycles. The molecule has 0 saturated carbocycles. The Kier molecular flexibility index (Phi) is 3.13. The van der Waals surface area contributed by atoms with Crippen LogP contribution in [-0.4, -0.2) is 31.1 Å². The van der Waals surface area contributed by atoms with E-state index in [-0.39, 0.29) is 6.03 Å². The highest BCUT2D eigenvalue weighted by Gasteiger charge is 2.25. The molecule has 0 heterocycles. The van der Waals surface area contributed by atoms with Crippen molar-refractivity contribution in [1.82, 2.24) is 10.2 Å². The second-order valence-corrected chi connectivity index (χ2v) is 4.30. The van der Waals surface area contributed by atoms with E-state index in [1.54, 1.807) is 4.90 Å². The number of nitrogens with zero attached hydrogens (tertiary/aromatic N) is 1. The molecule has 1 aromatic carbocycles. The van der Waals surface area contributed by atoms with E-state index in [0.29, 0.717) is 5.92 Å². The first-order valence-corrected chi connectivity index (χ1v) is 5.79. The summed E-state index contributed by atoms with van der Waals surface area (Å²) < 4.78 is 0. The third-order valence-corrected chi connectivity index (χ3v) is 3.28. The van der Waals surface area contributed by atoms with Crippen molar-refractivity contribution in [2.24, 2.45) is 0 Å². The molecule has 3 nitrogen and oxygen atoms in total. The number of hydrogen-bond acceptors (Lipinski definition) is 1. The van der Waals surface area contributed by atoms with Gasteiger partial charge in [-0.05, 0) is 24.5 Å². The molecule has 86 valence electrons. The zero-order valence-corrected chi connectivity index (χ0v) is 9.86. The molecule has 0 bridgehead atoms. The van der Waals surface area contributed by atoms with Gasteiger partial charge in [0, 0.05) is 26.1 Å². The first-order valence-electron chi connectivity index (χ1n) is 5.79. The molecule has 1 aliphatic rings. The highest BCUT2D eigenvalue weighted by Crippen LogP contribution is 2.33. The third kappa shape index (κ3) is 2.03. The molecule has 1 unspecified atom stereocenters. The summed E-state index contributed by atoms with van der Waals surface area (Å²) in [6, 6.07) is 8.46. The molecule has 1 aliphatic carbocycles. The molecule has 1 aromatic rings. The minimum Gasteiger partial charge on any atom is -0.337 e. The molecule has 3 heteroatoms. The van der Waals surface area contributed by atoms with Crippen molar-refractivity contribution in [2.45, 2.75) is 19.3 Å². The van der Waals surface area contributed by atoms with Crippen LogP contribution in [0.1, 0.15) is 24.0 Å². The minimum atomic E-state index is 0.0203. The Morgan fingerprint density at radius 3 is 2.94 bits per heavy atom. The van der Waals surface area contributed by atoms with E-state index in [1.165, 1.54) is 11.1 Å². The van der Waals surface area contributed by atoms with Crippen LogP contribution in [-0.2, 0) is 6.42 Å². The average molecular weight is 218 g/mol. The first kappa shape index (κ1) is 11.0. The zero-order valence-electron chi connectivity index (χ0n) is 9.86. The van der Waals surface area contributed by atoms with E-state index < -0.39 is 0 Å². The lowest BCUT2D eigenvalue weighted by molar-refractivity contribution is 0.210. The van der Waals surface area contributed by atoms with E-state index >= 15 is 0 Å². The van der Waals surface area contributed by atoms with Gasteiger partial charge in [0.15, 0.2) is 0 Å². The van der Waals surface area contributed by atoms with Gasteiger partial charge >= 0.3 is 6.03 Å². The molecular weight excluding hydrogens is 200 g/mol. The van der Waals surface area contributed by atoms with Gasteiger partial charge in [0.05, 0.1) is 0 Å². The maximum atomic E-state index is 11.5. The largest absolute Gasteiger partial charge is 0.337 e. The van der Waals surface area contributed by atoms with E-state index in [9.17, 15) is 4.79 Å². The predicted molar refractivity (Wildman–Crippen MR) is 64.6 cm³/mol. The van der Waals surface area contributed by atoms with Gasteiger partial charge < -0.3 is 10.2 Å². The molecule has 0 fully saturated rings. The number of nitrogens with one attached hydrogen (secondary N) is 1. The molecule has 2 rings (SSSR count). The Morgan fingerprint density at radius 2 is 2.25 bits per heavy atom. The van der Waals surface area contributed by atoms with Crippen LogP contribution in [0.3, 0.4) is 0 Å². The van der Waals surface area contributed by atoms with E-state index in [1.807, 2.05) is 14.0 Å². The minimum absolute atomic E-state index is 0.0203. The fourth-order valence-electron chi connectivity index (χ4n) is 2.03. The van der Waals surface area contributed by atoms with Crippen LogP contribution < -0.4 is 5.32 Å². The fourth-order valence-corrected chi connectivity index (χ4v) is 2.03. The van der Waals surface area contributed by atoms with E-state index in [0.717, 1.165) is 19.5 Å². The second-order valence-electron chi connectivity index (χ2n) is 4.30. The summed E-state index contributed by atoms with van der Waals surface area (Å²) in [5.74, 6) is 0.505. The summed E-state index contributed by atoms with van der Waals surface area (Å²) in [5.41, 5.74) is 2.81. The molecule has 2 amide bonds. The van der Waals surface area contributed by atoms with Gasteiger partial charge in [0.1, 0.15) is 0 Å². The molecule has 0 spiro atoms. The SMILES string of the molecule is CCN(C)C(=O)NCC1Cc2ccccc21. The van der Waals surface area contributed by atoms with Gasteiger partial charge in [-0.25, -0.2) is 4.79 Å². The van der Waals surface area contributed by atoms with Crippen molar-refractivity contribution in [3.63, 3.8) is 0 Å². The van der Waals surface area contributed by atoms with Crippen LogP contribution in [0.25, 0.3) is 0 Å². The van der Waals surface area contributed by atoms with Crippen molar-refractivity contribution in [1.29, 1.82) is 0 Å². The first-order chi connectivity index (χ1) is 7.72. The maximum Gasteiger partial charge on any atom is 0.317 e. The lowest BCUT2D eigenvalue weighted by Crippen LogP contribution is -2.40. The van der Waals surface area contributed by atoms with Crippen LogP contribution in [0.4, 0.5) is 4.79 Å². The number of amides is 2. The van der Waals surface area contributed by atoms with Crippen LogP contribution in [0.2, 0.25) is 0 Å². The normalized spacial score (nSPS) is 17.2. The Bertz CT molecular complexity index is 389. The molecule has 1 atom stereocenters. The highest BCUT2D eigenvalue weighted by molar-refractivity contribution is 5.73. The average Bonchev–Trinajstić information content (AvgIpc) is 2.29. The number of fused-ring (bicyclic) bond motifs is 1. The monoisotopic (exact) mass is 218 g/mol. The van der Waals surface area contributed by atoms with Gasteiger partial charge in [0.2, 0.25) is 0 Å². The van der Waals surface area contributed by atoms with Crippen molar-refractivity contribution in [3.05, 3.63) is 35.4 Å². The fraction of sp³-hybridized carbons (Fsp3) is 0.462. The number of rotatable bonds is 3. The van der Waals surface area contributed by atoms with Crippen molar-refractivity contribution in [2.75, 3.05) is 20.1 Å². The number of hydrogen-bond donors (Lipinski definition) is 1. The number of carbonyl (C=O) groups is 1. The summed E-state index contributed by atoms with van der Waals surface area (Å²) in [4.78, 5) is 13.2. The van der Waals surface area contributed by atoms with Crippen LogP contribution in [0, 0.1) is 0 Å². The summed E-state index contributed by atoms with van der Waals surface area (Å²) in [6.45, 7) is 3.46. The van der Waals surface area contributed by atoms with Gasteiger partial charge in [0.25, 0.3) is 0 Å². The van der Waals surface area contributed by atoms with Crippen LogP contribution in [0.5, 0.6) is 0 Å². The Morgan fingerprint density at radius 1 is 1.50 bits per heavy atom. The van der Waals surface area contributed by atoms with E-state index in [4.69, 9.17) is 0 Å². The highest BCUT2D eigenvalue weighted by atomic mass is 16.2. The molecule has 0 aromatic heterocycles. The zero-order chi connectivity index (χ0) is 11.5. The van der Waals surface area contributed by atoms with Gasteiger partial charge in [-0.3, -0.25) is 0 Å². The van der Waals surface area contributed by atoms with Crippen molar-refractivity contribution >= 4 is 6.03 Å². The quantitative estimate of drug-likeness (QED) is 0.826. The Hall–Kier alpha value is -1.51. The van der Waals surface area contributed by atoms with Gasteiger partial charge in [-0.2, -0.15) is 0 Å². The van der Waals surface area contributed by atoms with Crippen LogP contribution in [0.15, 0.2) is 24.3 Å². The Balaban J connectivity index is 1.84. The maximum absolute atomic E-state index is 11.5. The lowest BCUT2D eigenvalue weighted by Gasteiger charge is -2.30. The van der Waals surface area contributed by atoms with Crippen molar-refractivity contribution < 1.29 is 4.79 Å². The number of urea groups is 1. The molecule has 0 saturated heterocycles. The second kappa shape index (κ2) is 4.56.